The fourth-order valence-electron chi connectivity index (χ4n) is 0.911. The van der Waals surface area contributed by atoms with Crippen LogP contribution in [0.25, 0.3) is 5.69 Å². The number of aromatic nitrogens is 5. The summed E-state index contributed by atoms with van der Waals surface area (Å²) in [5.41, 5.74) is 6.20. The summed E-state index contributed by atoms with van der Waals surface area (Å²) >= 11 is 0. The van der Waals surface area contributed by atoms with Crippen LogP contribution in [0.1, 0.15) is 0 Å². The van der Waals surface area contributed by atoms with Gasteiger partial charge in [-0.15, -0.1) is 9.90 Å². The molecule has 6 heteroatoms. The maximum atomic E-state index is 5.40. The van der Waals surface area contributed by atoms with Crippen molar-refractivity contribution in [1.82, 2.24) is 24.8 Å². The molecule has 62 valence electrons. The lowest BCUT2D eigenvalue weighted by atomic mass is 10.6. The Morgan fingerprint density at radius 2 is 2.17 bits per heavy atom. The summed E-state index contributed by atoms with van der Waals surface area (Å²) in [6.07, 6.45) is 4.96. The van der Waals surface area contributed by atoms with Crippen LogP contribution in [0.4, 0.5) is 5.82 Å². The van der Waals surface area contributed by atoms with E-state index in [0.717, 1.165) is 5.69 Å². The van der Waals surface area contributed by atoms with E-state index < -0.39 is 0 Å². The van der Waals surface area contributed by atoms with Gasteiger partial charge >= 0.3 is 0 Å². The average molecular weight is 164 g/mol. The van der Waals surface area contributed by atoms with Crippen molar-refractivity contribution < 1.29 is 0 Å². The van der Waals surface area contributed by atoms with Crippen LogP contribution in [0, 0.1) is 0 Å². The van der Waals surface area contributed by atoms with Crippen molar-refractivity contribution in [2.75, 3.05) is 5.73 Å². The Morgan fingerprint density at radius 3 is 2.67 bits per heavy atom. The SMILES string of the molecule is Cn1cc(-n2ncc(N)n2)cn1. The largest absolute Gasteiger partial charge is 0.381 e. The fraction of sp³-hybridized carbons (Fsp3) is 0.167. The zero-order chi connectivity index (χ0) is 8.55. The Kier molecular flexibility index (Phi) is 1.33. The first kappa shape index (κ1) is 6.84. The number of hydrogen-bond acceptors (Lipinski definition) is 4. The molecule has 0 fully saturated rings. The van der Waals surface area contributed by atoms with E-state index in [2.05, 4.69) is 15.3 Å². The number of anilines is 1. The molecule has 0 spiro atoms. The van der Waals surface area contributed by atoms with E-state index in [1.807, 2.05) is 7.05 Å². The minimum absolute atomic E-state index is 0.402. The molecule has 0 aliphatic carbocycles. The molecule has 2 heterocycles. The molecule has 0 aliphatic heterocycles. The predicted octanol–water partition coefficient (Wildman–Crippen LogP) is -0.417. The second-order valence-electron chi connectivity index (χ2n) is 2.43. The molecule has 0 radical (unpaired) electrons. The molecule has 0 aromatic carbocycles. The monoisotopic (exact) mass is 164 g/mol. The van der Waals surface area contributed by atoms with Gasteiger partial charge in [0.05, 0.1) is 18.6 Å². The van der Waals surface area contributed by atoms with E-state index in [0.29, 0.717) is 5.82 Å². The minimum Gasteiger partial charge on any atom is -0.381 e. The van der Waals surface area contributed by atoms with Crippen LogP contribution in [0.2, 0.25) is 0 Å². The molecule has 0 saturated heterocycles. The number of nitrogen functional groups attached to an aromatic ring is 1. The van der Waals surface area contributed by atoms with Gasteiger partial charge < -0.3 is 5.73 Å². The summed E-state index contributed by atoms with van der Waals surface area (Å²) in [5.74, 6) is 0.402. The van der Waals surface area contributed by atoms with Gasteiger partial charge in [-0.3, -0.25) is 4.68 Å². The first-order valence-corrected chi connectivity index (χ1v) is 3.42. The zero-order valence-corrected chi connectivity index (χ0v) is 6.55. The van der Waals surface area contributed by atoms with Crippen molar-refractivity contribution >= 4 is 5.82 Å². The Bertz CT molecular complexity index is 348. The van der Waals surface area contributed by atoms with Gasteiger partial charge in [-0.25, -0.2) is 0 Å². The zero-order valence-electron chi connectivity index (χ0n) is 6.55. The molecule has 12 heavy (non-hydrogen) atoms. The summed E-state index contributed by atoms with van der Waals surface area (Å²) in [5, 5.41) is 11.8. The molecule has 2 aromatic rings. The molecule has 0 aliphatic rings. The van der Waals surface area contributed by atoms with E-state index >= 15 is 0 Å². The molecule has 6 nitrogen and oxygen atoms in total. The lowest BCUT2D eigenvalue weighted by Gasteiger charge is -1.90. The van der Waals surface area contributed by atoms with Gasteiger partial charge in [0, 0.05) is 7.05 Å². The van der Waals surface area contributed by atoms with Gasteiger partial charge in [-0.05, 0) is 0 Å². The van der Waals surface area contributed by atoms with E-state index in [1.165, 1.54) is 11.0 Å². The van der Waals surface area contributed by atoms with Gasteiger partial charge in [0.2, 0.25) is 0 Å². The number of rotatable bonds is 1. The highest BCUT2D eigenvalue weighted by molar-refractivity contribution is 5.26. The van der Waals surface area contributed by atoms with E-state index in [4.69, 9.17) is 5.73 Å². The van der Waals surface area contributed by atoms with Crippen molar-refractivity contribution in [3.8, 4) is 5.69 Å². The molecular weight excluding hydrogens is 156 g/mol. The first-order valence-electron chi connectivity index (χ1n) is 3.42. The molecule has 0 saturated carbocycles. The standard InChI is InChI=1S/C6H8N6/c1-11-4-5(2-8-11)12-9-3-6(7)10-12/h2-4H,1H3,(H2,7,10). The molecule has 2 aromatic heterocycles. The Labute approximate surface area is 68.6 Å². The smallest absolute Gasteiger partial charge is 0.166 e. The first-order chi connectivity index (χ1) is 5.75. The van der Waals surface area contributed by atoms with Crippen molar-refractivity contribution in [1.29, 1.82) is 0 Å². The van der Waals surface area contributed by atoms with Gasteiger partial charge in [0.1, 0.15) is 5.69 Å². The predicted molar refractivity (Wildman–Crippen MR) is 42.5 cm³/mol. The Balaban J connectivity index is 2.43. The van der Waals surface area contributed by atoms with Crippen LogP contribution in [0.3, 0.4) is 0 Å². The lowest BCUT2D eigenvalue weighted by molar-refractivity contribution is 0.745. The second-order valence-corrected chi connectivity index (χ2v) is 2.43. The van der Waals surface area contributed by atoms with Gasteiger partial charge in [-0.2, -0.15) is 10.2 Å². The van der Waals surface area contributed by atoms with Crippen LogP contribution in [0.15, 0.2) is 18.6 Å². The third-order valence-electron chi connectivity index (χ3n) is 1.43. The third-order valence-corrected chi connectivity index (χ3v) is 1.43. The number of aryl methyl sites for hydroxylation is 1. The fourth-order valence-corrected chi connectivity index (χ4v) is 0.911. The number of nitrogens with zero attached hydrogens (tertiary/aromatic N) is 5. The van der Waals surface area contributed by atoms with Crippen molar-refractivity contribution in [3.63, 3.8) is 0 Å². The average Bonchev–Trinajstić information content (AvgIpc) is 2.58. The molecule has 0 amide bonds. The van der Waals surface area contributed by atoms with E-state index in [-0.39, 0.29) is 0 Å². The van der Waals surface area contributed by atoms with Crippen LogP contribution in [-0.4, -0.2) is 24.8 Å². The highest BCUT2D eigenvalue weighted by atomic mass is 15.5. The highest BCUT2D eigenvalue weighted by Crippen LogP contribution is 2.02. The molecule has 0 atom stereocenters. The Hall–Kier alpha value is -1.85. The molecule has 0 bridgehead atoms. The summed E-state index contributed by atoms with van der Waals surface area (Å²) < 4.78 is 1.68. The van der Waals surface area contributed by atoms with Gasteiger partial charge in [0.25, 0.3) is 0 Å². The van der Waals surface area contributed by atoms with E-state index in [1.54, 1.807) is 17.1 Å². The normalized spacial score (nSPS) is 10.4. The quantitative estimate of drug-likeness (QED) is 0.621. The maximum absolute atomic E-state index is 5.40. The molecule has 0 unspecified atom stereocenters. The summed E-state index contributed by atoms with van der Waals surface area (Å²) in [6.45, 7) is 0. The van der Waals surface area contributed by atoms with Gasteiger partial charge in [0.15, 0.2) is 5.82 Å². The molecular formula is C6H8N6. The van der Waals surface area contributed by atoms with E-state index in [9.17, 15) is 0 Å². The Morgan fingerprint density at radius 1 is 1.33 bits per heavy atom. The van der Waals surface area contributed by atoms with Crippen molar-refractivity contribution in [2.45, 2.75) is 0 Å². The summed E-state index contributed by atoms with van der Waals surface area (Å²) in [4.78, 5) is 1.43. The number of hydrogen-bond donors (Lipinski definition) is 1. The summed E-state index contributed by atoms with van der Waals surface area (Å²) in [6, 6.07) is 0. The van der Waals surface area contributed by atoms with Gasteiger partial charge in [-0.1, -0.05) is 0 Å². The van der Waals surface area contributed by atoms with Crippen LogP contribution in [0.5, 0.6) is 0 Å². The maximum Gasteiger partial charge on any atom is 0.166 e. The second kappa shape index (κ2) is 2.33. The third kappa shape index (κ3) is 1.03. The van der Waals surface area contributed by atoms with Crippen LogP contribution < -0.4 is 5.73 Å². The highest BCUT2D eigenvalue weighted by Gasteiger charge is 2.00. The number of nitrogens with two attached hydrogens (primary N) is 1. The van der Waals surface area contributed by atoms with Crippen LogP contribution >= 0.6 is 0 Å². The minimum atomic E-state index is 0.402. The lowest BCUT2D eigenvalue weighted by Crippen LogP contribution is -1.97. The summed E-state index contributed by atoms with van der Waals surface area (Å²) in [7, 11) is 1.83. The van der Waals surface area contributed by atoms with Crippen LogP contribution in [-0.2, 0) is 7.05 Å². The van der Waals surface area contributed by atoms with Crippen molar-refractivity contribution in [2.24, 2.45) is 7.05 Å². The molecule has 2 N–H and O–H groups in total. The van der Waals surface area contributed by atoms with Crippen molar-refractivity contribution in [3.05, 3.63) is 18.6 Å². The molecule has 2 rings (SSSR count). The topological polar surface area (TPSA) is 74.5 Å².